The largest absolute Gasteiger partial charge is 0.476 e. The first-order valence-corrected chi connectivity index (χ1v) is 10.4. The minimum Gasteiger partial charge on any atom is -0.476 e. The Labute approximate surface area is 163 Å². The molecule has 10 heteroatoms. The van der Waals surface area contributed by atoms with Crippen molar-refractivity contribution in [3.8, 4) is 5.88 Å². The molecule has 27 heavy (non-hydrogen) atoms. The zero-order valence-electron chi connectivity index (χ0n) is 14.9. The Balaban J connectivity index is 1.56. The van der Waals surface area contributed by atoms with E-state index in [2.05, 4.69) is 19.6 Å². The number of benzene rings is 1. The number of halogens is 1. The lowest BCUT2D eigenvalue weighted by molar-refractivity contribution is 0.122. The fraction of sp³-hybridized carbons (Fsp3) is 0.412. The number of nitrogens with one attached hydrogen (secondary N) is 1. The van der Waals surface area contributed by atoms with E-state index in [4.69, 9.17) is 21.1 Å². The molecule has 1 aromatic heterocycles. The van der Waals surface area contributed by atoms with Gasteiger partial charge in [0.25, 0.3) is 0 Å². The van der Waals surface area contributed by atoms with Crippen LogP contribution < -0.4 is 14.4 Å². The van der Waals surface area contributed by atoms with Gasteiger partial charge in [-0.25, -0.2) is 18.1 Å². The first-order chi connectivity index (χ1) is 12.9. The number of rotatable bonds is 7. The molecular formula is C17H21ClN4O4S. The average Bonchev–Trinajstić information content (AvgIpc) is 2.66. The van der Waals surface area contributed by atoms with E-state index in [1.165, 1.54) is 12.1 Å². The molecule has 8 nitrogen and oxygen atoms in total. The van der Waals surface area contributed by atoms with Crippen molar-refractivity contribution in [2.24, 2.45) is 0 Å². The number of ether oxygens (including phenoxy) is 2. The summed E-state index contributed by atoms with van der Waals surface area (Å²) in [4.78, 5) is 10.9. The van der Waals surface area contributed by atoms with E-state index < -0.39 is 10.0 Å². The van der Waals surface area contributed by atoms with Gasteiger partial charge in [0.05, 0.1) is 18.1 Å². The van der Waals surface area contributed by atoms with Crippen LogP contribution >= 0.6 is 11.6 Å². The van der Waals surface area contributed by atoms with Crippen LogP contribution in [0.25, 0.3) is 0 Å². The number of aromatic nitrogens is 2. The quantitative estimate of drug-likeness (QED) is 0.691. The molecule has 146 valence electrons. The van der Waals surface area contributed by atoms with Crippen molar-refractivity contribution in [3.63, 3.8) is 0 Å². The van der Waals surface area contributed by atoms with E-state index in [0.717, 1.165) is 18.9 Å². The second-order valence-corrected chi connectivity index (χ2v) is 8.12. The number of aryl methyl sites for hydroxylation is 1. The van der Waals surface area contributed by atoms with Crippen LogP contribution in [0.4, 0.5) is 5.82 Å². The summed E-state index contributed by atoms with van der Waals surface area (Å²) >= 11 is 5.84. The molecule has 1 saturated heterocycles. The fourth-order valence-corrected chi connectivity index (χ4v) is 3.92. The molecule has 2 heterocycles. The third-order valence-corrected chi connectivity index (χ3v) is 5.58. The monoisotopic (exact) mass is 412 g/mol. The summed E-state index contributed by atoms with van der Waals surface area (Å²) in [7, 11) is -3.64. The summed E-state index contributed by atoms with van der Waals surface area (Å²) in [6.07, 6.45) is 0. The van der Waals surface area contributed by atoms with Gasteiger partial charge in [-0.05, 0) is 25.1 Å². The molecule has 3 rings (SSSR count). The third kappa shape index (κ3) is 5.52. The van der Waals surface area contributed by atoms with E-state index in [-0.39, 0.29) is 18.0 Å². The van der Waals surface area contributed by atoms with Crippen LogP contribution in [0.5, 0.6) is 5.88 Å². The second-order valence-electron chi connectivity index (χ2n) is 5.91. The lowest BCUT2D eigenvalue weighted by Gasteiger charge is -2.28. The van der Waals surface area contributed by atoms with Gasteiger partial charge in [-0.1, -0.05) is 17.7 Å². The van der Waals surface area contributed by atoms with Crippen molar-refractivity contribution in [2.45, 2.75) is 11.8 Å². The van der Waals surface area contributed by atoms with Crippen LogP contribution in [0.1, 0.15) is 5.82 Å². The van der Waals surface area contributed by atoms with Gasteiger partial charge in [0, 0.05) is 30.7 Å². The van der Waals surface area contributed by atoms with E-state index >= 15 is 0 Å². The van der Waals surface area contributed by atoms with Crippen LogP contribution in [-0.4, -0.2) is 57.8 Å². The van der Waals surface area contributed by atoms with E-state index in [0.29, 0.717) is 29.9 Å². The molecule has 0 spiro atoms. The Morgan fingerprint density at radius 3 is 2.78 bits per heavy atom. The molecule has 1 aliphatic heterocycles. The second kappa shape index (κ2) is 8.83. The summed E-state index contributed by atoms with van der Waals surface area (Å²) in [6.45, 7) is 4.86. The number of nitrogens with zero attached hydrogens (tertiary/aromatic N) is 3. The van der Waals surface area contributed by atoms with Gasteiger partial charge in [0.15, 0.2) is 0 Å². The summed E-state index contributed by atoms with van der Waals surface area (Å²) in [5.74, 6) is 1.78. The third-order valence-electron chi connectivity index (χ3n) is 3.89. The molecule has 1 N–H and O–H groups in total. The lowest BCUT2D eigenvalue weighted by Crippen LogP contribution is -2.37. The van der Waals surface area contributed by atoms with Crippen LogP contribution in [0.3, 0.4) is 0 Å². The minimum absolute atomic E-state index is 0.102. The van der Waals surface area contributed by atoms with E-state index in [9.17, 15) is 8.42 Å². The molecule has 0 saturated carbocycles. The number of hydrogen-bond donors (Lipinski definition) is 1. The van der Waals surface area contributed by atoms with Crippen molar-refractivity contribution >= 4 is 27.4 Å². The first kappa shape index (κ1) is 19.8. The van der Waals surface area contributed by atoms with Gasteiger partial charge in [0.1, 0.15) is 18.2 Å². The van der Waals surface area contributed by atoms with Crippen LogP contribution in [0.2, 0.25) is 5.02 Å². The highest BCUT2D eigenvalue weighted by atomic mass is 35.5. The van der Waals surface area contributed by atoms with Crippen LogP contribution in [-0.2, 0) is 14.8 Å². The first-order valence-electron chi connectivity index (χ1n) is 8.50. The Morgan fingerprint density at radius 2 is 2.04 bits per heavy atom. The predicted molar refractivity (Wildman–Crippen MR) is 102 cm³/mol. The minimum atomic E-state index is -3.64. The number of anilines is 1. The molecule has 1 aromatic carbocycles. The molecule has 1 aliphatic rings. The number of morpholine rings is 1. The predicted octanol–water partition coefficient (Wildman–Crippen LogP) is 1.63. The topological polar surface area (TPSA) is 93.6 Å². The van der Waals surface area contributed by atoms with Gasteiger partial charge in [-0.2, -0.15) is 4.98 Å². The van der Waals surface area contributed by atoms with Crippen molar-refractivity contribution in [2.75, 3.05) is 44.4 Å². The SMILES string of the molecule is Cc1nc(OCCNS(=O)(=O)c2cccc(Cl)c2)cc(N2CCOCC2)n1. The molecule has 0 aliphatic carbocycles. The molecular weight excluding hydrogens is 392 g/mol. The standard InChI is InChI=1S/C17H21ClN4O4S/c1-13-20-16(22-6-9-25-10-7-22)12-17(21-13)26-8-5-19-27(23,24)15-4-2-3-14(18)11-15/h2-4,11-12,19H,5-10H2,1H3. The molecule has 0 amide bonds. The Hall–Kier alpha value is -1.94. The molecule has 0 unspecified atom stereocenters. The summed E-state index contributed by atoms with van der Waals surface area (Å²) in [6, 6.07) is 7.84. The maximum Gasteiger partial charge on any atom is 0.240 e. The highest BCUT2D eigenvalue weighted by Gasteiger charge is 2.16. The van der Waals surface area contributed by atoms with Crippen molar-refractivity contribution < 1.29 is 17.9 Å². The molecule has 0 radical (unpaired) electrons. The molecule has 1 fully saturated rings. The molecule has 0 bridgehead atoms. The van der Waals surface area contributed by atoms with Crippen LogP contribution in [0, 0.1) is 6.92 Å². The van der Waals surface area contributed by atoms with Gasteiger partial charge in [0.2, 0.25) is 15.9 Å². The van der Waals surface area contributed by atoms with Gasteiger partial charge < -0.3 is 14.4 Å². The lowest BCUT2D eigenvalue weighted by atomic mass is 10.4. The normalized spacial score (nSPS) is 15.0. The van der Waals surface area contributed by atoms with Gasteiger partial charge in [-0.3, -0.25) is 0 Å². The average molecular weight is 413 g/mol. The van der Waals surface area contributed by atoms with Crippen molar-refractivity contribution in [3.05, 3.63) is 41.2 Å². The zero-order chi connectivity index (χ0) is 19.3. The number of hydrogen-bond acceptors (Lipinski definition) is 7. The smallest absolute Gasteiger partial charge is 0.240 e. The van der Waals surface area contributed by atoms with Gasteiger partial charge >= 0.3 is 0 Å². The summed E-state index contributed by atoms with van der Waals surface area (Å²) < 4.78 is 37.9. The Kier molecular flexibility index (Phi) is 6.48. The van der Waals surface area contributed by atoms with Gasteiger partial charge in [-0.15, -0.1) is 0 Å². The number of sulfonamides is 1. The summed E-state index contributed by atoms with van der Waals surface area (Å²) in [5, 5.41) is 0.362. The maximum absolute atomic E-state index is 12.2. The molecule has 2 aromatic rings. The van der Waals surface area contributed by atoms with Crippen LogP contribution in [0.15, 0.2) is 35.2 Å². The highest BCUT2D eigenvalue weighted by molar-refractivity contribution is 7.89. The van der Waals surface area contributed by atoms with E-state index in [1.807, 2.05) is 0 Å². The highest BCUT2D eigenvalue weighted by Crippen LogP contribution is 2.19. The Bertz CT molecular complexity index is 888. The van der Waals surface area contributed by atoms with E-state index in [1.54, 1.807) is 25.1 Å². The van der Waals surface area contributed by atoms with Crippen molar-refractivity contribution in [1.82, 2.24) is 14.7 Å². The fourth-order valence-electron chi connectivity index (χ4n) is 2.60. The van der Waals surface area contributed by atoms with Crippen molar-refractivity contribution in [1.29, 1.82) is 0 Å². The zero-order valence-corrected chi connectivity index (χ0v) is 16.5. The maximum atomic E-state index is 12.2. The Morgan fingerprint density at radius 1 is 1.26 bits per heavy atom. The summed E-state index contributed by atoms with van der Waals surface area (Å²) in [5.41, 5.74) is 0. The molecule has 0 atom stereocenters.